The lowest BCUT2D eigenvalue weighted by molar-refractivity contribution is 0.102. The lowest BCUT2D eigenvalue weighted by Crippen LogP contribution is -2.13. The first kappa shape index (κ1) is 21.5. The monoisotopic (exact) mass is 429 g/mol. The van der Waals surface area contributed by atoms with Gasteiger partial charge in [0.2, 0.25) is 0 Å². The average Bonchev–Trinajstić information content (AvgIpc) is 2.76. The fourth-order valence-electron chi connectivity index (χ4n) is 2.76. The van der Waals surface area contributed by atoms with E-state index in [-0.39, 0.29) is 17.5 Å². The molecule has 0 unspecified atom stereocenters. The second kappa shape index (κ2) is 9.98. The number of benzene rings is 3. The Bertz CT molecular complexity index is 1040. The van der Waals surface area contributed by atoms with Crippen LogP contribution >= 0.6 is 11.6 Å². The summed E-state index contributed by atoms with van der Waals surface area (Å²) in [6, 6.07) is 16.3. The van der Waals surface area contributed by atoms with Crippen LogP contribution in [0.4, 0.5) is 10.1 Å². The van der Waals surface area contributed by atoms with E-state index in [1.165, 1.54) is 18.2 Å². The van der Waals surface area contributed by atoms with Gasteiger partial charge in [-0.05, 0) is 55.5 Å². The second-order valence-corrected chi connectivity index (χ2v) is 6.71. The Balaban J connectivity index is 1.78. The Kier molecular flexibility index (Phi) is 7.14. The van der Waals surface area contributed by atoms with E-state index in [9.17, 15) is 9.18 Å². The number of nitrogens with one attached hydrogen (secondary N) is 1. The Hall–Kier alpha value is -3.25. The zero-order valence-corrected chi connectivity index (χ0v) is 17.3. The molecule has 3 aromatic carbocycles. The van der Waals surface area contributed by atoms with Crippen molar-refractivity contribution in [3.63, 3.8) is 0 Å². The number of anilines is 1. The Morgan fingerprint density at radius 3 is 2.57 bits per heavy atom. The molecule has 1 N–H and O–H groups in total. The smallest absolute Gasteiger partial charge is 0.255 e. The van der Waals surface area contributed by atoms with E-state index >= 15 is 0 Å². The van der Waals surface area contributed by atoms with Crippen LogP contribution in [0, 0.1) is 5.82 Å². The summed E-state index contributed by atoms with van der Waals surface area (Å²) in [4.78, 5) is 12.6. The molecule has 0 saturated heterocycles. The molecule has 0 saturated carbocycles. The highest BCUT2D eigenvalue weighted by Gasteiger charge is 2.13. The van der Waals surface area contributed by atoms with E-state index in [2.05, 4.69) is 5.32 Å². The third-order valence-corrected chi connectivity index (χ3v) is 4.53. The van der Waals surface area contributed by atoms with Crippen LogP contribution in [0.15, 0.2) is 60.7 Å². The normalized spacial score (nSPS) is 10.4. The molecule has 0 bridgehead atoms. The number of halogens is 2. The zero-order chi connectivity index (χ0) is 21.5. The van der Waals surface area contributed by atoms with Gasteiger partial charge in [-0.1, -0.05) is 17.7 Å². The number of methoxy groups -OCH3 is 1. The van der Waals surface area contributed by atoms with Crippen LogP contribution in [0.5, 0.6) is 17.2 Å². The van der Waals surface area contributed by atoms with Gasteiger partial charge in [0.1, 0.15) is 29.7 Å². The topological polar surface area (TPSA) is 56.8 Å². The second-order valence-electron chi connectivity index (χ2n) is 6.31. The first-order chi connectivity index (χ1) is 14.5. The number of amides is 1. The van der Waals surface area contributed by atoms with Crippen molar-refractivity contribution in [3.05, 3.63) is 82.6 Å². The molecule has 3 rings (SSSR count). The molecule has 0 aliphatic heterocycles. The SMILES string of the molecule is CCOc1ccc(C(=O)Nc2ccc(F)c(Cl)c2)cc1COc1cccc(OC)c1. The third-order valence-electron chi connectivity index (χ3n) is 4.24. The third kappa shape index (κ3) is 5.42. The van der Waals surface area contributed by atoms with Gasteiger partial charge in [0.25, 0.3) is 5.91 Å². The molecule has 0 aliphatic rings. The Labute approximate surface area is 179 Å². The molecule has 7 heteroatoms. The number of carbonyl (C=O) groups is 1. The number of carbonyl (C=O) groups excluding carboxylic acids is 1. The van der Waals surface area contributed by atoms with Crippen molar-refractivity contribution in [3.8, 4) is 17.2 Å². The standard InChI is InChI=1S/C23H21ClFNO4/c1-3-29-22-10-7-15(23(27)26-17-8-9-21(25)20(24)12-17)11-16(22)14-30-19-6-4-5-18(13-19)28-2/h4-13H,3,14H2,1-2H3,(H,26,27). The highest BCUT2D eigenvalue weighted by Crippen LogP contribution is 2.26. The van der Waals surface area contributed by atoms with Crippen LogP contribution in [-0.2, 0) is 6.61 Å². The summed E-state index contributed by atoms with van der Waals surface area (Å²) >= 11 is 5.78. The molecule has 0 fully saturated rings. The number of hydrogen-bond donors (Lipinski definition) is 1. The minimum Gasteiger partial charge on any atom is -0.497 e. The fraction of sp³-hybridized carbons (Fsp3) is 0.174. The first-order valence-corrected chi connectivity index (χ1v) is 9.67. The van der Waals surface area contributed by atoms with Crippen LogP contribution in [-0.4, -0.2) is 19.6 Å². The number of ether oxygens (including phenoxy) is 3. The average molecular weight is 430 g/mol. The van der Waals surface area contributed by atoms with Crippen molar-refractivity contribution >= 4 is 23.2 Å². The van der Waals surface area contributed by atoms with Crippen molar-refractivity contribution < 1.29 is 23.4 Å². The quantitative estimate of drug-likeness (QED) is 0.497. The highest BCUT2D eigenvalue weighted by molar-refractivity contribution is 6.31. The molecule has 0 atom stereocenters. The van der Waals surface area contributed by atoms with E-state index in [0.29, 0.717) is 40.7 Å². The van der Waals surface area contributed by atoms with E-state index in [1.807, 2.05) is 25.1 Å². The summed E-state index contributed by atoms with van der Waals surface area (Å²) in [6.45, 7) is 2.56. The summed E-state index contributed by atoms with van der Waals surface area (Å²) in [5.74, 6) is 1.04. The van der Waals surface area contributed by atoms with Crippen LogP contribution in [0.25, 0.3) is 0 Å². The Morgan fingerprint density at radius 1 is 1.03 bits per heavy atom. The lowest BCUT2D eigenvalue weighted by Gasteiger charge is -2.14. The van der Waals surface area contributed by atoms with E-state index in [4.69, 9.17) is 25.8 Å². The largest absolute Gasteiger partial charge is 0.497 e. The molecule has 0 spiro atoms. The van der Waals surface area contributed by atoms with Crippen molar-refractivity contribution in [1.29, 1.82) is 0 Å². The molecule has 0 heterocycles. The van der Waals surface area contributed by atoms with Crippen molar-refractivity contribution in [2.24, 2.45) is 0 Å². The minimum atomic E-state index is -0.548. The molecule has 0 aliphatic carbocycles. The van der Waals surface area contributed by atoms with Gasteiger partial charge in [0, 0.05) is 22.9 Å². The van der Waals surface area contributed by atoms with Crippen LogP contribution < -0.4 is 19.5 Å². The van der Waals surface area contributed by atoms with Crippen LogP contribution in [0.2, 0.25) is 5.02 Å². The molecule has 0 aromatic heterocycles. The van der Waals surface area contributed by atoms with E-state index in [1.54, 1.807) is 31.4 Å². The molecule has 3 aromatic rings. The van der Waals surface area contributed by atoms with Crippen molar-refractivity contribution in [2.75, 3.05) is 19.0 Å². The van der Waals surface area contributed by atoms with Crippen molar-refractivity contribution in [1.82, 2.24) is 0 Å². The summed E-state index contributed by atoms with van der Waals surface area (Å²) < 4.78 is 30.0. The molecule has 1 amide bonds. The molecule has 156 valence electrons. The maximum Gasteiger partial charge on any atom is 0.255 e. The summed E-state index contributed by atoms with van der Waals surface area (Å²) in [5, 5.41) is 2.64. The van der Waals surface area contributed by atoms with Gasteiger partial charge in [0.05, 0.1) is 18.7 Å². The van der Waals surface area contributed by atoms with Crippen LogP contribution in [0.3, 0.4) is 0 Å². The van der Waals surface area contributed by atoms with Gasteiger partial charge in [-0.15, -0.1) is 0 Å². The highest BCUT2D eigenvalue weighted by atomic mass is 35.5. The van der Waals surface area contributed by atoms with Gasteiger partial charge in [0.15, 0.2) is 0 Å². The summed E-state index contributed by atoms with van der Waals surface area (Å²) in [5.41, 5.74) is 1.52. The number of hydrogen-bond acceptors (Lipinski definition) is 4. The van der Waals surface area contributed by atoms with E-state index in [0.717, 1.165) is 0 Å². The van der Waals surface area contributed by atoms with Crippen molar-refractivity contribution in [2.45, 2.75) is 13.5 Å². The zero-order valence-electron chi connectivity index (χ0n) is 16.6. The first-order valence-electron chi connectivity index (χ1n) is 9.29. The number of rotatable bonds is 8. The van der Waals surface area contributed by atoms with E-state index < -0.39 is 5.82 Å². The molecule has 0 radical (unpaired) electrons. The summed E-state index contributed by atoms with van der Waals surface area (Å²) in [7, 11) is 1.59. The van der Waals surface area contributed by atoms with Gasteiger partial charge >= 0.3 is 0 Å². The predicted molar refractivity (Wildman–Crippen MR) is 114 cm³/mol. The summed E-state index contributed by atoms with van der Waals surface area (Å²) in [6.07, 6.45) is 0. The predicted octanol–water partition coefficient (Wildman–Crippen LogP) is 5.72. The molecule has 5 nitrogen and oxygen atoms in total. The van der Waals surface area contributed by atoms with Gasteiger partial charge in [-0.25, -0.2) is 4.39 Å². The van der Waals surface area contributed by atoms with Crippen LogP contribution in [0.1, 0.15) is 22.8 Å². The maximum absolute atomic E-state index is 13.3. The Morgan fingerprint density at radius 2 is 1.83 bits per heavy atom. The molecular formula is C23H21ClFNO4. The van der Waals surface area contributed by atoms with Gasteiger partial charge in [-0.3, -0.25) is 4.79 Å². The minimum absolute atomic E-state index is 0.0631. The maximum atomic E-state index is 13.3. The van der Waals surface area contributed by atoms with Gasteiger partial charge in [-0.2, -0.15) is 0 Å². The lowest BCUT2D eigenvalue weighted by atomic mass is 10.1. The molecular weight excluding hydrogens is 409 g/mol. The molecule has 30 heavy (non-hydrogen) atoms. The van der Waals surface area contributed by atoms with Gasteiger partial charge < -0.3 is 19.5 Å². The fourth-order valence-corrected chi connectivity index (χ4v) is 2.94.